The first-order valence-corrected chi connectivity index (χ1v) is 10.3. The highest BCUT2D eigenvalue weighted by molar-refractivity contribution is 6.32. The summed E-state index contributed by atoms with van der Waals surface area (Å²) in [6.07, 6.45) is 8.81. The van der Waals surface area contributed by atoms with Gasteiger partial charge >= 0.3 is 0 Å². The van der Waals surface area contributed by atoms with Crippen molar-refractivity contribution in [3.63, 3.8) is 0 Å². The first-order chi connectivity index (χ1) is 13.6. The Morgan fingerprint density at radius 2 is 2.29 bits per heavy atom. The third-order valence-electron chi connectivity index (χ3n) is 5.24. The molecule has 7 heteroatoms. The van der Waals surface area contributed by atoms with Crippen LogP contribution >= 0.6 is 11.6 Å². The smallest absolute Gasteiger partial charge is 0.224 e. The van der Waals surface area contributed by atoms with Gasteiger partial charge in [-0.3, -0.25) is 9.48 Å². The van der Waals surface area contributed by atoms with Gasteiger partial charge in [-0.25, -0.2) is 0 Å². The standard InChI is InChI=1S/C21H29ClN4O2/c1-28-20-8-7-18(15-19(20)22)24-21(27)9-6-17-5-2-11-25(16-17)12-4-14-26-13-3-10-23-26/h3,7-8,10,13,15,17H,2,4-6,9,11-12,14,16H2,1H3,(H,24,27)/t17-/m0/s1. The number of carbonyl (C=O) groups excluding carboxylic acids is 1. The highest BCUT2D eigenvalue weighted by Gasteiger charge is 2.20. The van der Waals surface area contributed by atoms with Gasteiger partial charge in [0.15, 0.2) is 0 Å². The number of halogens is 1. The predicted molar refractivity (Wildman–Crippen MR) is 112 cm³/mol. The van der Waals surface area contributed by atoms with E-state index in [-0.39, 0.29) is 5.91 Å². The maximum atomic E-state index is 12.3. The molecule has 6 nitrogen and oxygen atoms in total. The Morgan fingerprint density at radius 1 is 1.39 bits per heavy atom. The summed E-state index contributed by atoms with van der Waals surface area (Å²) in [6, 6.07) is 7.26. The molecule has 1 atom stereocenters. The number of nitrogens with one attached hydrogen (secondary N) is 1. The number of methoxy groups -OCH3 is 1. The first kappa shape index (κ1) is 20.7. The molecular formula is C21H29ClN4O2. The topological polar surface area (TPSA) is 59.4 Å². The second kappa shape index (κ2) is 10.5. The van der Waals surface area contributed by atoms with Crippen LogP contribution in [0.5, 0.6) is 5.75 Å². The van der Waals surface area contributed by atoms with Gasteiger partial charge in [-0.1, -0.05) is 11.6 Å². The lowest BCUT2D eigenvalue weighted by atomic mass is 9.93. The summed E-state index contributed by atoms with van der Waals surface area (Å²) in [4.78, 5) is 14.8. The van der Waals surface area contributed by atoms with Crippen LogP contribution in [0.2, 0.25) is 5.02 Å². The molecule has 0 aliphatic carbocycles. The summed E-state index contributed by atoms with van der Waals surface area (Å²) >= 11 is 6.11. The van der Waals surface area contributed by atoms with Crippen molar-refractivity contribution in [3.8, 4) is 5.75 Å². The molecule has 0 unspecified atom stereocenters. The number of aryl methyl sites for hydroxylation is 1. The molecule has 1 saturated heterocycles. The first-order valence-electron chi connectivity index (χ1n) is 9.97. The number of nitrogens with zero attached hydrogens (tertiary/aromatic N) is 3. The average molecular weight is 405 g/mol. The molecule has 1 aliphatic rings. The monoisotopic (exact) mass is 404 g/mol. The van der Waals surface area contributed by atoms with E-state index in [1.165, 1.54) is 12.8 Å². The zero-order valence-corrected chi connectivity index (χ0v) is 17.2. The molecule has 1 aliphatic heterocycles. The normalized spacial score (nSPS) is 17.4. The van der Waals surface area contributed by atoms with E-state index in [2.05, 4.69) is 15.3 Å². The largest absolute Gasteiger partial charge is 0.495 e. The average Bonchev–Trinajstić information content (AvgIpc) is 3.20. The number of carbonyl (C=O) groups is 1. The van der Waals surface area contributed by atoms with E-state index < -0.39 is 0 Å². The highest BCUT2D eigenvalue weighted by atomic mass is 35.5. The Balaban J connectivity index is 1.37. The molecule has 2 heterocycles. The summed E-state index contributed by atoms with van der Waals surface area (Å²) in [5.41, 5.74) is 0.708. The number of rotatable bonds is 9. The van der Waals surface area contributed by atoms with Crippen LogP contribution in [0.4, 0.5) is 5.69 Å². The van der Waals surface area contributed by atoms with E-state index in [9.17, 15) is 4.79 Å². The molecule has 0 radical (unpaired) electrons. The summed E-state index contributed by atoms with van der Waals surface area (Å²) in [7, 11) is 1.57. The number of ether oxygens (including phenoxy) is 1. The molecule has 152 valence electrons. The lowest BCUT2D eigenvalue weighted by Gasteiger charge is -2.32. The number of hydrogen-bond donors (Lipinski definition) is 1. The molecule has 0 spiro atoms. The third kappa shape index (κ3) is 6.24. The molecule has 1 amide bonds. The van der Waals surface area contributed by atoms with E-state index in [0.29, 0.717) is 28.8 Å². The number of hydrogen-bond acceptors (Lipinski definition) is 4. The van der Waals surface area contributed by atoms with Crippen LogP contribution in [-0.4, -0.2) is 47.3 Å². The van der Waals surface area contributed by atoms with Crippen molar-refractivity contribution in [1.82, 2.24) is 14.7 Å². The third-order valence-corrected chi connectivity index (χ3v) is 5.53. The quantitative estimate of drug-likeness (QED) is 0.684. The maximum Gasteiger partial charge on any atom is 0.224 e. The van der Waals surface area contributed by atoms with Crippen LogP contribution in [0.3, 0.4) is 0 Å². The van der Waals surface area contributed by atoms with Crippen molar-refractivity contribution in [3.05, 3.63) is 41.7 Å². The van der Waals surface area contributed by atoms with Gasteiger partial charge in [-0.2, -0.15) is 5.10 Å². The molecule has 0 saturated carbocycles. The van der Waals surface area contributed by atoms with E-state index in [1.54, 1.807) is 19.2 Å². The molecular weight excluding hydrogens is 376 g/mol. The van der Waals surface area contributed by atoms with Crippen molar-refractivity contribution in [2.45, 2.75) is 38.6 Å². The predicted octanol–water partition coefficient (Wildman–Crippen LogP) is 4.07. The van der Waals surface area contributed by atoms with E-state index in [1.807, 2.05) is 29.2 Å². The Labute approximate surface area is 171 Å². The van der Waals surface area contributed by atoms with Gasteiger partial charge in [-0.05, 0) is 69.0 Å². The van der Waals surface area contributed by atoms with Crippen molar-refractivity contribution in [2.24, 2.45) is 5.92 Å². The fourth-order valence-electron chi connectivity index (χ4n) is 3.78. The Kier molecular flexibility index (Phi) is 7.74. The second-order valence-corrected chi connectivity index (χ2v) is 7.77. The maximum absolute atomic E-state index is 12.3. The van der Waals surface area contributed by atoms with Crippen LogP contribution < -0.4 is 10.1 Å². The van der Waals surface area contributed by atoms with E-state index in [4.69, 9.17) is 16.3 Å². The Bertz CT molecular complexity index is 751. The number of aromatic nitrogens is 2. The number of anilines is 1. The lowest BCUT2D eigenvalue weighted by Crippen LogP contribution is -2.36. The SMILES string of the molecule is COc1ccc(NC(=O)CC[C@@H]2CCCN(CCCn3cccn3)C2)cc1Cl. The van der Waals surface area contributed by atoms with Crippen molar-refractivity contribution in [1.29, 1.82) is 0 Å². The summed E-state index contributed by atoms with van der Waals surface area (Å²) < 4.78 is 7.12. The van der Waals surface area contributed by atoms with Crippen LogP contribution in [0.25, 0.3) is 0 Å². The molecule has 0 bridgehead atoms. The molecule has 2 aromatic rings. The minimum absolute atomic E-state index is 0.0389. The van der Waals surface area contributed by atoms with Gasteiger partial charge in [-0.15, -0.1) is 0 Å². The van der Waals surface area contributed by atoms with Crippen LogP contribution in [0.15, 0.2) is 36.7 Å². The Morgan fingerprint density at radius 3 is 3.04 bits per heavy atom. The zero-order valence-electron chi connectivity index (χ0n) is 16.4. The van der Waals surface area contributed by atoms with Gasteiger partial charge in [0.05, 0.1) is 12.1 Å². The number of amides is 1. The van der Waals surface area contributed by atoms with Gasteiger partial charge < -0.3 is 15.0 Å². The van der Waals surface area contributed by atoms with Crippen LogP contribution in [0.1, 0.15) is 32.1 Å². The van der Waals surface area contributed by atoms with E-state index in [0.717, 1.165) is 39.0 Å². The zero-order chi connectivity index (χ0) is 19.8. The van der Waals surface area contributed by atoms with E-state index >= 15 is 0 Å². The number of piperidine rings is 1. The van der Waals surface area contributed by atoms with Crippen molar-refractivity contribution < 1.29 is 9.53 Å². The molecule has 1 fully saturated rings. The fraction of sp³-hybridized carbons (Fsp3) is 0.524. The van der Waals surface area contributed by atoms with Crippen molar-refractivity contribution >= 4 is 23.2 Å². The summed E-state index contributed by atoms with van der Waals surface area (Å²) in [5.74, 6) is 1.23. The van der Waals surface area contributed by atoms with Crippen LogP contribution in [0, 0.1) is 5.92 Å². The molecule has 1 aromatic carbocycles. The van der Waals surface area contributed by atoms with Crippen LogP contribution in [-0.2, 0) is 11.3 Å². The number of benzene rings is 1. The van der Waals surface area contributed by atoms with Gasteiger partial charge in [0.25, 0.3) is 0 Å². The molecule has 1 N–H and O–H groups in total. The molecule has 3 rings (SSSR count). The molecule has 28 heavy (non-hydrogen) atoms. The lowest BCUT2D eigenvalue weighted by molar-refractivity contribution is -0.116. The Hall–Kier alpha value is -2.05. The fourth-order valence-corrected chi connectivity index (χ4v) is 4.04. The summed E-state index contributed by atoms with van der Waals surface area (Å²) in [5, 5.41) is 7.68. The second-order valence-electron chi connectivity index (χ2n) is 7.37. The van der Waals surface area contributed by atoms with Gasteiger partial charge in [0.1, 0.15) is 5.75 Å². The summed E-state index contributed by atoms with van der Waals surface area (Å²) in [6.45, 7) is 4.29. The van der Waals surface area contributed by atoms with Gasteiger partial charge in [0.2, 0.25) is 5.91 Å². The molecule has 1 aromatic heterocycles. The minimum atomic E-state index is 0.0389. The minimum Gasteiger partial charge on any atom is -0.495 e. The number of likely N-dealkylation sites (tertiary alicyclic amines) is 1. The highest BCUT2D eigenvalue weighted by Crippen LogP contribution is 2.27. The van der Waals surface area contributed by atoms with Crippen molar-refractivity contribution in [2.75, 3.05) is 32.1 Å². The van der Waals surface area contributed by atoms with Gasteiger partial charge in [0, 0.05) is 37.6 Å².